The van der Waals surface area contributed by atoms with E-state index < -0.39 is 0 Å². The van der Waals surface area contributed by atoms with Crippen LogP contribution in [0.15, 0.2) is 35.7 Å². The number of rotatable bonds is 4. The maximum absolute atomic E-state index is 12.4. The fourth-order valence-electron chi connectivity index (χ4n) is 3.52. The Morgan fingerprint density at radius 3 is 3.12 bits per heavy atom. The molecule has 4 rings (SSSR count). The quantitative estimate of drug-likeness (QED) is 0.684. The molecule has 0 saturated carbocycles. The highest BCUT2D eigenvalue weighted by atomic mass is 32.1. The Hall–Kier alpha value is -2.11. The van der Waals surface area contributed by atoms with E-state index >= 15 is 0 Å². The number of aryl methyl sites for hydroxylation is 1. The first-order valence-corrected chi connectivity index (χ1v) is 9.23. The maximum atomic E-state index is 12.4. The molecule has 0 spiro atoms. The summed E-state index contributed by atoms with van der Waals surface area (Å²) >= 11 is 1.81. The predicted octanol–water partition coefficient (Wildman–Crippen LogP) is 3.08. The molecule has 24 heavy (non-hydrogen) atoms. The Bertz CT molecular complexity index is 880. The van der Waals surface area contributed by atoms with Crippen LogP contribution in [0.1, 0.15) is 27.7 Å². The van der Waals surface area contributed by atoms with Gasteiger partial charge in [0.15, 0.2) is 0 Å². The smallest absolute Gasteiger partial charge is 0.224 e. The maximum Gasteiger partial charge on any atom is 0.224 e. The van der Waals surface area contributed by atoms with Crippen LogP contribution in [0.4, 0.5) is 0 Å². The molecule has 1 unspecified atom stereocenters. The summed E-state index contributed by atoms with van der Waals surface area (Å²) in [5, 5.41) is 9.89. The van der Waals surface area contributed by atoms with Crippen molar-refractivity contribution in [1.29, 1.82) is 0 Å². The summed E-state index contributed by atoms with van der Waals surface area (Å²) < 4.78 is 0. The van der Waals surface area contributed by atoms with Crippen molar-refractivity contribution in [3.05, 3.63) is 57.4 Å². The van der Waals surface area contributed by atoms with Crippen LogP contribution in [-0.4, -0.2) is 24.0 Å². The Balaban J connectivity index is 1.43. The lowest BCUT2D eigenvalue weighted by Gasteiger charge is -2.24. The lowest BCUT2D eigenvalue weighted by Crippen LogP contribution is -2.38. The number of thiophene rings is 1. The van der Waals surface area contributed by atoms with Gasteiger partial charge in [-0.1, -0.05) is 18.2 Å². The highest BCUT2D eigenvalue weighted by molar-refractivity contribution is 7.10. The van der Waals surface area contributed by atoms with Gasteiger partial charge in [0.05, 0.1) is 12.5 Å². The van der Waals surface area contributed by atoms with Gasteiger partial charge in [0.2, 0.25) is 5.91 Å². The van der Waals surface area contributed by atoms with E-state index in [-0.39, 0.29) is 11.9 Å². The van der Waals surface area contributed by atoms with Crippen LogP contribution >= 0.6 is 11.3 Å². The van der Waals surface area contributed by atoms with Gasteiger partial charge in [0.1, 0.15) is 0 Å². The molecule has 0 saturated heterocycles. The minimum Gasteiger partial charge on any atom is -0.358 e. The van der Waals surface area contributed by atoms with Crippen molar-refractivity contribution >= 4 is 28.1 Å². The third-order valence-corrected chi connectivity index (χ3v) is 5.76. The topological polar surface area (TPSA) is 56.9 Å². The summed E-state index contributed by atoms with van der Waals surface area (Å²) in [5.41, 5.74) is 4.60. The molecule has 0 bridgehead atoms. The third kappa shape index (κ3) is 2.85. The number of aromatic nitrogens is 1. The van der Waals surface area contributed by atoms with Gasteiger partial charge >= 0.3 is 0 Å². The number of amides is 1. The van der Waals surface area contributed by atoms with E-state index in [1.807, 2.05) is 36.5 Å². The number of carbonyl (C=O) groups is 1. The number of fused-ring (bicyclic) bond motifs is 2. The molecule has 1 aliphatic rings. The van der Waals surface area contributed by atoms with Gasteiger partial charge in [-0.25, -0.2) is 0 Å². The summed E-state index contributed by atoms with van der Waals surface area (Å²) in [7, 11) is 0. The van der Waals surface area contributed by atoms with Crippen molar-refractivity contribution < 1.29 is 4.79 Å². The number of para-hydroxylation sites is 1. The predicted molar refractivity (Wildman–Crippen MR) is 98.5 cm³/mol. The van der Waals surface area contributed by atoms with E-state index in [4.69, 9.17) is 0 Å². The molecular weight excluding hydrogens is 318 g/mol. The van der Waals surface area contributed by atoms with E-state index in [2.05, 4.69) is 33.1 Å². The molecular formula is C19H21N3OS. The van der Waals surface area contributed by atoms with Crippen LogP contribution in [0.3, 0.4) is 0 Å². The van der Waals surface area contributed by atoms with Crippen molar-refractivity contribution in [3.63, 3.8) is 0 Å². The first-order chi connectivity index (χ1) is 11.7. The number of hydrogen-bond acceptors (Lipinski definition) is 3. The van der Waals surface area contributed by atoms with Crippen LogP contribution in [0.2, 0.25) is 0 Å². The van der Waals surface area contributed by atoms with Crippen molar-refractivity contribution in [2.75, 3.05) is 13.1 Å². The molecule has 1 amide bonds. The molecule has 0 aliphatic carbocycles. The van der Waals surface area contributed by atoms with Crippen molar-refractivity contribution in [2.24, 2.45) is 0 Å². The van der Waals surface area contributed by atoms with E-state index in [0.717, 1.165) is 35.1 Å². The minimum atomic E-state index is 0.0759. The first kappa shape index (κ1) is 15.4. The first-order valence-electron chi connectivity index (χ1n) is 8.35. The summed E-state index contributed by atoms with van der Waals surface area (Å²) in [5.74, 6) is 0.0759. The highest BCUT2D eigenvalue weighted by Crippen LogP contribution is 2.27. The van der Waals surface area contributed by atoms with Crippen molar-refractivity contribution in [2.45, 2.75) is 25.8 Å². The van der Waals surface area contributed by atoms with Crippen LogP contribution < -0.4 is 10.6 Å². The number of benzene rings is 1. The molecule has 1 aromatic carbocycles. The SMILES string of the molecule is Cc1[nH]c2ccccc2c1CC(=O)NCC1NCCc2sccc21. The lowest BCUT2D eigenvalue weighted by molar-refractivity contribution is -0.120. The zero-order valence-electron chi connectivity index (χ0n) is 13.7. The summed E-state index contributed by atoms with van der Waals surface area (Å²) in [6.07, 6.45) is 1.51. The van der Waals surface area contributed by atoms with Crippen molar-refractivity contribution in [1.82, 2.24) is 15.6 Å². The Kier molecular flexibility index (Phi) is 4.12. The molecule has 0 radical (unpaired) electrons. The Labute approximate surface area is 145 Å². The zero-order valence-corrected chi connectivity index (χ0v) is 14.5. The third-order valence-electron chi connectivity index (χ3n) is 4.77. The number of hydrogen-bond donors (Lipinski definition) is 3. The van der Waals surface area contributed by atoms with E-state index in [0.29, 0.717) is 13.0 Å². The van der Waals surface area contributed by atoms with Gasteiger partial charge in [-0.3, -0.25) is 4.79 Å². The largest absolute Gasteiger partial charge is 0.358 e. The van der Waals surface area contributed by atoms with Gasteiger partial charge in [-0.05, 0) is 42.0 Å². The molecule has 3 N–H and O–H groups in total. The highest BCUT2D eigenvalue weighted by Gasteiger charge is 2.21. The normalized spacial score (nSPS) is 17.0. The molecule has 2 aromatic heterocycles. The van der Waals surface area contributed by atoms with E-state index in [9.17, 15) is 4.79 Å². The van der Waals surface area contributed by atoms with Gasteiger partial charge < -0.3 is 15.6 Å². The second-order valence-electron chi connectivity index (χ2n) is 6.31. The number of aromatic amines is 1. The second-order valence-corrected chi connectivity index (χ2v) is 7.31. The Morgan fingerprint density at radius 1 is 1.33 bits per heavy atom. The number of carbonyl (C=O) groups excluding carboxylic acids is 1. The van der Waals surface area contributed by atoms with E-state index in [1.54, 1.807) is 0 Å². The monoisotopic (exact) mass is 339 g/mol. The second kappa shape index (κ2) is 6.42. The molecule has 3 heterocycles. The average Bonchev–Trinajstić information content (AvgIpc) is 3.18. The fourth-order valence-corrected chi connectivity index (χ4v) is 4.46. The molecule has 4 nitrogen and oxygen atoms in total. The fraction of sp³-hybridized carbons (Fsp3) is 0.316. The number of nitrogens with one attached hydrogen (secondary N) is 3. The lowest BCUT2D eigenvalue weighted by atomic mass is 10.0. The minimum absolute atomic E-state index is 0.0759. The summed E-state index contributed by atoms with van der Waals surface area (Å²) in [4.78, 5) is 17.3. The number of H-pyrrole nitrogens is 1. The molecule has 1 aliphatic heterocycles. The molecule has 0 fully saturated rings. The average molecular weight is 339 g/mol. The summed E-state index contributed by atoms with van der Waals surface area (Å²) in [6, 6.07) is 10.5. The van der Waals surface area contributed by atoms with Gasteiger partial charge in [0, 0.05) is 34.6 Å². The summed E-state index contributed by atoms with van der Waals surface area (Å²) in [6.45, 7) is 3.66. The van der Waals surface area contributed by atoms with Gasteiger partial charge in [0.25, 0.3) is 0 Å². The molecule has 3 aromatic rings. The van der Waals surface area contributed by atoms with Gasteiger partial charge in [-0.15, -0.1) is 11.3 Å². The molecule has 124 valence electrons. The zero-order chi connectivity index (χ0) is 16.5. The van der Waals surface area contributed by atoms with Crippen LogP contribution in [-0.2, 0) is 17.6 Å². The van der Waals surface area contributed by atoms with E-state index in [1.165, 1.54) is 10.4 Å². The molecule has 1 atom stereocenters. The van der Waals surface area contributed by atoms with Crippen LogP contribution in [0.25, 0.3) is 10.9 Å². The Morgan fingerprint density at radius 2 is 2.21 bits per heavy atom. The molecule has 5 heteroatoms. The van der Waals surface area contributed by atoms with Crippen LogP contribution in [0.5, 0.6) is 0 Å². The van der Waals surface area contributed by atoms with Crippen LogP contribution in [0, 0.1) is 6.92 Å². The van der Waals surface area contributed by atoms with Gasteiger partial charge in [-0.2, -0.15) is 0 Å². The standard InChI is InChI=1S/C19H21N3OS/c1-12-15(13-4-2-3-5-16(13)22-12)10-19(23)21-11-17-14-7-9-24-18(14)6-8-20-17/h2-5,7,9,17,20,22H,6,8,10-11H2,1H3,(H,21,23). The van der Waals surface area contributed by atoms with Crippen molar-refractivity contribution in [3.8, 4) is 0 Å².